The molecule has 0 bridgehead atoms. The Kier molecular flexibility index (Phi) is 10.6. The summed E-state index contributed by atoms with van der Waals surface area (Å²) in [5.41, 5.74) is -1.67. The summed E-state index contributed by atoms with van der Waals surface area (Å²) in [7, 11) is -2.35. The van der Waals surface area contributed by atoms with E-state index in [-0.39, 0.29) is 25.3 Å². The summed E-state index contributed by atoms with van der Waals surface area (Å²) in [4.78, 5) is 61.7. The lowest BCUT2D eigenvalue weighted by Gasteiger charge is -2.33. The van der Waals surface area contributed by atoms with E-state index in [4.69, 9.17) is 14.2 Å². The first-order valence-corrected chi connectivity index (χ1v) is 19.5. The van der Waals surface area contributed by atoms with Gasteiger partial charge in [-0.2, -0.15) is 0 Å². The number of methoxy groups -OCH3 is 1. The quantitative estimate of drug-likeness (QED) is 0.216. The number of pyridine rings is 1. The number of amides is 4. The molecular weight excluding hydrogens is 715 g/mol. The summed E-state index contributed by atoms with van der Waals surface area (Å²) in [6, 6.07) is 14.0. The number of hydrogen-bond donors (Lipinski definition) is 3. The molecule has 14 nitrogen and oxygen atoms in total. The Morgan fingerprint density at radius 3 is 2.43 bits per heavy atom. The maximum Gasteiger partial charge on any atom is 0.408 e. The van der Waals surface area contributed by atoms with Gasteiger partial charge in [0.2, 0.25) is 27.7 Å². The van der Waals surface area contributed by atoms with Gasteiger partial charge in [-0.1, -0.05) is 43.3 Å². The number of sulfonamides is 1. The van der Waals surface area contributed by atoms with Crippen molar-refractivity contribution in [3.63, 3.8) is 0 Å². The second-order valence-corrected chi connectivity index (χ2v) is 17.2. The fraction of sp³-hybridized carbons (Fsp3) is 0.462. The Hall–Kier alpha value is -5.18. The third-order valence-corrected chi connectivity index (χ3v) is 11.9. The summed E-state index contributed by atoms with van der Waals surface area (Å²) in [6.45, 7) is 10.6. The number of nitrogens with zero attached hydrogens (tertiary/aromatic N) is 2. The van der Waals surface area contributed by atoms with Gasteiger partial charge in [0.1, 0.15) is 35.1 Å². The van der Waals surface area contributed by atoms with Crippen molar-refractivity contribution < 1.29 is 41.8 Å². The molecule has 2 aliphatic carbocycles. The minimum atomic E-state index is -3.91. The van der Waals surface area contributed by atoms with E-state index in [0.717, 1.165) is 10.9 Å². The highest BCUT2D eigenvalue weighted by Crippen LogP contribution is 2.45. The van der Waals surface area contributed by atoms with Gasteiger partial charge in [0, 0.05) is 29.8 Å². The average molecular weight is 762 g/mol. The predicted octanol–water partition coefficient (Wildman–Crippen LogP) is 3.96. The molecule has 6 atom stereocenters. The molecule has 2 saturated carbocycles. The van der Waals surface area contributed by atoms with Gasteiger partial charge in [-0.3, -0.25) is 19.1 Å². The van der Waals surface area contributed by atoms with Gasteiger partial charge < -0.3 is 29.7 Å². The Bertz CT molecular complexity index is 2050. The largest absolute Gasteiger partial charge is 0.497 e. The summed E-state index contributed by atoms with van der Waals surface area (Å²) in [5, 5.41) is 6.38. The van der Waals surface area contributed by atoms with Crippen molar-refractivity contribution in [3.8, 4) is 11.6 Å². The summed E-state index contributed by atoms with van der Waals surface area (Å²) >= 11 is 0. The third-order valence-electron chi connectivity index (χ3n) is 10.1. The zero-order chi connectivity index (χ0) is 39.0. The van der Waals surface area contributed by atoms with E-state index < -0.39 is 80.3 Å². The van der Waals surface area contributed by atoms with Gasteiger partial charge in [0.05, 0.1) is 18.9 Å². The number of ether oxygens (including phenoxy) is 3. The zero-order valence-electron chi connectivity index (χ0n) is 31.0. The van der Waals surface area contributed by atoms with Gasteiger partial charge >= 0.3 is 6.09 Å². The SMILES string of the molecule is C=C[C@H]1C[C@@]1(NC(=O)[C@H]1C[C@@H](Oc2nccc3cc(OC)ccc23)CN1C(=O)C(NC(=O)OC(C)(C)C)C(C)c1ccccc1)C(=O)NS(=O)(=O)C1CC1. The van der Waals surface area contributed by atoms with E-state index in [1.165, 1.54) is 11.0 Å². The van der Waals surface area contributed by atoms with Crippen molar-refractivity contribution in [2.24, 2.45) is 5.92 Å². The first-order valence-electron chi connectivity index (χ1n) is 18.0. The minimum Gasteiger partial charge on any atom is -0.497 e. The molecule has 2 aromatic carbocycles. The molecule has 1 aromatic heterocycles. The van der Waals surface area contributed by atoms with Crippen molar-refractivity contribution in [2.75, 3.05) is 13.7 Å². The Labute approximate surface area is 315 Å². The number of rotatable bonds is 13. The maximum absolute atomic E-state index is 14.8. The minimum absolute atomic E-state index is 0.00149. The van der Waals surface area contributed by atoms with E-state index in [2.05, 4.69) is 26.9 Å². The Morgan fingerprint density at radius 1 is 1.07 bits per heavy atom. The number of benzene rings is 2. The average Bonchev–Trinajstić information content (AvgIpc) is 4.06. The molecule has 2 unspecified atom stereocenters. The van der Waals surface area contributed by atoms with Gasteiger partial charge in [-0.15, -0.1) is 6.58 Å². The molecule has 1 saturated heterocycles. The molecule has 6 rings (SSSR count). The van der Waals surface area contributed by atoms with Crippen LogP contribution in [0.5, 0.6) is 11.6 Å². The van der Waals surface area contributed by atoms with Gasteiger partial charge in [0.15, 0.2) is 0 Å². The lowest BCUT2D eigenvalue weighted by atomic mass is 9.92. The number of carbonyl (C=O) groups excluding carboxylic acids is 4. The molecule has 3 aromatic rings. The monoisotopic (exact) mass is 761 g/mol. The van der Waals surface area contributed by atoms with Gasteiger partial charge in [-0.25, -0.2) is 18.2 Å². The van der Waals surface area contributed by atoms with E-state index in [1.807, 2.05) is 48.5 Å². The van der Waals surface area contributed by atoms with E-state index in [0.29, 0.717) is 24.0 Å². The smallest absolute Gasteiger partial charge is 0.408 e. The molecule has 3 aliphatic rings. The molecule has 0 radical (unpaired) electrons. The number of carbonyl (C=O) groups is 4. The Morgan fingerprint density at radius 2 is 1.80 bits per heavy atom. The van der Waals surface area contributed by atoms with Crippen LogP contribution in [0.15, 0.2) is 73.4 Å². The fourth-order valence-corrected chi connectivity index (χ4v) is 8.23. The van der Waals surface area contributed by atoms with Crippen LogP contribution in [0, 0.1) is 5.92 Å². The first-order chi connectivity index (χ1) is 25.5. The van der Waals surface area contributed by atoms with E-state index in [1.54, 1.807) is 47.1 Å². The van der Waals surface area contributed by atoms with Crippen LogP contribution in [0.1, 0.15) is 64.9 Å². The van der Waals surface area contributed by atoms with Crippen molar-refractivity contribution in [1.29, 1.82) is 0 Å². The van der Waals surface area contributed by atoms with Crippen molar-refractivity contribution in [3.05, 3.63) is 79.0 Å². The Balaban J connectivity index is 1.32. The van der Waals surface area contributed by atoms with Crippen LogP contribution in [-0.2, 0) is 29.1 Å². The molecule has 1 aliphatic heterocycles. The van der Waals surface area contributed by atoms with Gasteiger partial charge in [-0.05, 0) is 75.2 Å². The van der Waals surface area contributed by atoms with Crippen LogP contribution < -0.4 is 24.8 Å². The molecule has 54 heavy (non-hydrogen) atoms. The molecular formula is C39H47N5O9S. The van der Waals surface area contributed by atoms with Crippen LogP contribution in [-0.4, -0.2) is 90.3 Å². The summed E-state index contributed by atoms with van der Waals surface area (Å²) < 4.78 is 45.0. The van der Waals surface area contributed by atoms with Crippen molar-refractivity contribution >= 4 is 44.6 Å². The van der Waals surface area contributed by atoms with Crippen LogP contribution >= 0.6 is 0 Å². The molecule has 3 fully saturated rings. The predicted molar refractivity (Wildman–Crippen MR) is 200 cm³/mol. The lowest BCUT2D eigenvalue weighted by molar-refractivity contribution is -0.141. The number of fused-ring (bicyclic) bond motifs is 1. The molecule has 3 N–H and O–H groups in total. The topological polar surface area (TPSA) is 182 Å². The zero-order valence-corrected chi connectivity index (χ0v) is 31.9. The fourth-order valence-electron chi connectivity index (χ4n) is 6.86. The third kappa shape index (κ3) is 8.30. The maximum atomic E-state index is 14.8. The van der Waals surface area contributed by atoms with Crippen LogP contribution in [0.3, 0.4) is 0 Å². The van der Waals surface area contributed by atoms with Crippen molar-refractivity contribution in [2.45, 2.75) is 93.9 Å². The summed E-state index contributed by atoms with van der Waals surface area (Å²) in [5.74, 6) is -2.29. The number of likely N-dealkylation sites (tertiary alicyclic amines) is 1. The second kappa shape index (κ2) is 14.9. The second-order valence-electron chi connectivity index (χ2n) is 15.2. The van der Waals surface area contributed by atoms with E-state index in [9.17, 15) is 27.6 Å². The normalized spacial score (nSPS) is 23.4. The number of aromatic nitrogens is 1. The molecule has 4 amide bonds. The van der Waals surface area contributed by atoms with Crippen LogP contribution in [0.4, 0.5) is 4.79 Å². The highest BCUT2D eigenvalue weighted by molar-refractivity contribution is 7.91. The van der Waals surface area contributed by atoms with Crippen LogP contribution in [0.25, 0.3) is 10.8 Å². The standard InChI is InChI=1S/C39H47N5O9S/c1-7-26-21-39(26,36(47)43-54(49,50)29-14-15-29)42-33(45)31-20-28(52-34-30-16-13-27(51-6)19-25(30)17-18-40-34)22-44(31)35(46)32(41-37(48)53-38(3,4)5)23(2)24-11-9-8-10-12-24/h7-13,16-19,23,26,28-29,31-32H,1,14-15,20-22H2,2-6H3,(H,41,48)(H,42,45)(H,43,47)/t23?,26-,28+,31+,32?,39-/m0/s1. The highest BCUT2D eigenvalue weighted by atomic mass is 32.2. The van der Waals surface area contributed by atoms with E-state index >= 15 is 0 Å². The summed E-state index contributed by atoms with van der Waals surface area (Å²) in [6.07, 6.45) is 2.56. The first kappa shape index (κ1) is 38.5. The molecule has 0 spiro atoms. The number of alkyl carbamates (subject to hydrolysis) is 1. The number of hydrogen-bond acceptors (Lipinski definition) is 10. The van der Waals surface area contributed by atoms with Crippen LogP contribution in [0.2, 0.25) is 0 Å². The highest BCUT2D eigenvalue weighted by Gasteiger charge is 2.62. The molecule has 2 heterocycles. The molecule has 288 valence electrons. The van der Waals surface area contributed by atoms with Crippen molar-refractivity contribution in [1.82, 2.24) is 25.2 Å². The lowest BCUT2D eigenvalue weighted by Crippen LogP contribution is -2.59. The van der Waals surface area contributed by atoms with Gasteiger partial charge in [0.25, 0.3) is 5.91 Å². The number of nitrogens with one attached hydrogen (secondary N) is 3. The molecule has 15 heteroatoms.